The Morgan fingerprint density at radius 2 is 2.25 bits per heavy atom. The summed E-state index contributed by atoms with van der Waals surface area (Å²) in [5.74, 6) is -0.670. The fourth-order valence-electron chi connectivity index (χ4n) is 1.98. The van der Waals surface area contributed by atoms with Crippen molar-refractivity contribution in [2.75, 3.05) is 20.3 Å². The zero-order valence-electron chi connectivity index (χ0n) is 11.6. The van der Waals surface area contributed by atoms with E-state index in [0.29, 0.717) is 17.2 Å². The SMILES string of the molecule is CC=CNC1=C(OC)C(=NCC(=O)O)CC(O)(CO)C1. The molecule has 0 saturated heterocycles. The van der Waals surface area contributed by atoms with Crippen LogP contribution in [0.5, 0.6) is 0 Å². The minimum atomic E-state index is -1.37. The minimum absolute atomic E-state index is 0.0426. The van der Waals surface area contributed by atoms with Crippen LogP contribution >= 0.6 is 0 Å². The van der Waals surface area contributed by atoms with Gasteiger partial charge in [0.1, 0.15) is 6.54 Å². The minimum Gasteiger partial charge on any atom is -0.493 e. The van der Waals surface area contributed by atoms with E-state index in [4.69, 9.17) is 9.84 Å². The molecule has 0 aromatic heterocycles. The summed E-state index contributed by atoms with van der Waals surface area (Å²) in [6.45, 7) is 0.957. The van der Waals surface area contributed by atoms with Crippen molar-refractivity contribution in [3.05, 3.63) is 23.7 Å². The van der Waals surface area contributed by atoms with Gasteiger partial charge in [-0.05, 0) is 13.1 Å². The van der Waals surface area contributed by atoms with Gasteiger partial charge in [0.15, 0.2) is 5.76 Å². The fraction of sp³-hybridized carbons (Fsp3) is 0.538. The Morgan fingerprint density at radius 3 is 2.75 bits per heavy atom. The molecule has 0 bridgehead atoms. The fourth-order valence-corrected chi connectivity index (χ4v) is 1.98. The predicted octanol–water partition coefficient (Wildman–Crippen LogP) is 0.0104. The number of carbonyl (C=O) groups is 1. The molecule has 1 rings (SSSR count). The second kappa shape index (κ2) is 7.06. The second-order valence-electron chi connectivity index (χ2n) is 4.55. The van der Waals surface area contributed by atoms with E-state index in [1.807, 2.05) is 6.92 Å². The molecule has 1 unspecified atom stereocenters. The van der Waals surface area contributed by atoms with Crippen molar-refractivity contribution < 1.29 is 24.9 Å². The van der Waals surface area contributed by atoms with Gasteiger partial charge in [-0.3, -0.25) is 9.79 Å². The van der Waals surface area contributed by atoms with E-state index in [9.17, 15) is 15.0 Å². The van der Waals surface area contributed by atoms with Crippen molar-refractivity contribution in [1.82, 2.24) is 5.32 Å². The Bertz CT molecular complexity index is 456. The first-order chi connectivity index (χ1) is 9.45. The number of ether oxygens (including phenoxy) is 1. The number of aliphatic hydroxyl groups is 2. The Morgan fingerprint density at radius 1 is 1.55 bits per heavy atom. The molecule has 4 N–H and O–H groups in total. The molecule has 0 fully saturated rings. The summed E-state index contributed by atoms with van der Waals surface area (Å²) in [6, 6.07) is 0. The average Bonchev–Trinajstić information content (AvgIpc) is 2.42. The first kappa shape index (κ1) is 16.2. The number of nitrogens with zero attached hydrogens (tertiary/aromatic N) is 1. The van der Waals surface area contributed by atoms with Crippen LogP contribution in [0.3, 0.4) is 0 Å². The van der Waals surface area contributed by atoms with Gasteiger partial charge in [-0.25, -0.2) is 0 Å². The highest BCUT2D eigenvalue weighted by molar-refractivity contribution is 6.01. The number of aliphatic carboxylic acids is 1. The predicted molar refractivity (Wildman–Crippen MR) is 73.2 cm³/mol. The monoisotopic (exact) mass is 284 g/mol. The van der Waals surface area contributed by atoms with Crippen molar-refractivity contribution in [1.29, 1.82) is 0 Å². The van der Waals surface area contributed by atoms with Crippen LogP contribution in [0.15, 0.2) is 28.7 Å². The topological polar surface area (TPSA) is 111 Å². The molecular weight excluding hydrogens is 264 g/mol. The second-order valence-corrected chi connectivity index (χ2v) is 4.55. The van der Waals surface area contributed by atoms with Crippen molar-refractivity contribution >= 4 is 11.7 Å². The van der Waals surface area contributed by atoms with Gasteiger partial charge in [0.05, 0.1) is 30.7 Å². The molecule has 0 amide bonds. The molecule has 0 spiro atoms. The van der Waals surface area contributed by atoms with Gasteiger partial charge >= 0.3 is 5.97 Å². The lowest BCUT2D eigenvalue weighted by molar-refractivity contribution is -0.135. The van der Waals surface area contributed by atoms with Crippen LogP contribution in [0.2, 0.25) is 0 Å². The zero-order chi connectivity index (χ0) is 15.2. The summed E-state index contributed by atoms with van der Waals surface area (Å²) in [5.41, 5.74) is -0.495. The number of nitrogens with one attached hydrogen (secondary N) is 1. The third-order valence-electron chi connectivity index (χ3n) is 2.87. The van der Waals surface area contributed by atoms with Gasteiger partial charge in [-0.15, -0.1) is 0 Å². The average molecular weight is 284 g/mol. The third-order valence-corrected chi connectivity index (χ3v) is 2.87. The molecule has 1 aliphatic rings. The lowest BCUT2D eigenvalue weighted by Gasteiger charge is -2.33. The van der Waals surface area contributed by atoms with Crippen LogP contribution < -0.4 is 5.32 Å². The van der Waals surface area contributed by atoms with Crippen LogP contribution in [0.1, 0.15) is 19.8 Å². The van der Waals surface area contributed by atoms with Crippen LogP contribution in [-0.2, 0) is 9.53 Å². The number of methoxy groups -OCH3 is 1. The number of hydrogen-bond donors (Lipinski definition) is 4. The summed E-state index contributed by atoms with van der Waals surface area (Å²) < 4.78 is 5.25. The maximum atomic E-state index is 10.6. The van der Waals surface area contributed by atoms with Crippen molar-refractivity contribution in [3.8, 4) is 0 Å². The van der Waals surface area contributed by atoms with Gasteiger partial charge in [0.25, 0.3) is 0 Å². The highest BCUT2D eigenvalue weighted by Crippen LogP contribution is 2.30. The van der Waals surface area contributed by atoms with E-state index >= 15 is 0 Å². The number of allylic oxidation sites excluding steroid dienone is 2. The Kier molecular flexibility index (Phi) is 5.72. The van der Waals surface area contributed by atoms with Gasteiger partial charge in [-0.2, -0.15) is 0 Å². The standard InChI is InChI=1S/C13H20N2O5/c1-3-4-14-9-5-13(19,8-16)6-10(12(9)20-2)15-7-11(17)18/h3-4,14,16,19H,5-8H2,1-2H3,(H,17,18). The molecule has 7 heteroatoms. The first-order valence-corrected chi connectivity index (χ1v) is 6.19. The van der Waals surface area contributed by atoms with Crippen LogP contribution in [0, 0.1) is 0 Å². The molecule has 0 radical (unpaired) electrons. The number of rotatable bonds is 6. The van der Waals surface area contributed by atoms with Gasteiger partial charge in [0.2, 0.25) is 0 Å². The number of aliphatic hydroxyl groups excluding tert-OH is 1. The molecular formula is C13H20N2O5. The molecule has 0 aliphatic heterocycles. The van der Waals surface area contributed by atoms with Crippen LogP contribution in [0.25, 0.3) is 0 Å². The molecule has 1 aliphatic carbocycles. The van der Waals surface area contributed by atoms with E-state index in [0.717, 1.165) is 0 Å². The van der Waals surface area contributed by atoms with E-state index in [1.54, 1.807) is 12.3 Å². The van der Waals surface area contributed by atoms with E-state index in [-0.39, 0.29) is 12.8 Å². The molecule has 7 nitrogen and oxygen atoms in total. The molecule has 0 aromatic rings. The molecule has 112 valence electrons. The third kappa shape index (κ3) is 4.07. The molecule has 0 heterocycles. The molecule has 20 heavy (non-hydrogen) atoms. The highest BCUT2D eigenvalue weighted by atomic mass is 16.5. The Balaban J connectivity index is 3.16. The summed E-state index contributed by atoms with van der Waals surface area (Å²) in [5, 5.41) is 31.2. The van der Waals surface area contributed by atoms with E-state index < -0.39 is 24.7 Å². The summed E-state index contributed by atoms with van der Waals surface area (Å²) >= 11 is 0. The normalized spacial score (nSPS) is 25.3. The Hall–Kier alpha value is -1.86. The van der Waals surface area contributed by atoms with Crippen LogP contribution in [0.4, 0.5) is 0 Å². The first-order valence-electron chi connectivity index (χ1n) is 6.19. The summed E-state index contributed by atoms with van der Waals surface area (Å²) in [7, 11) is 1.45. The Labute approximate surface area is 117 Å². The largest absolute Gasteiger partial charge is 0.493 e. The number of carboxylic acid groups (broad SMARTS) is 1. The lowest BCUT2D eigenvalue weighted by Crippen LogP contribution is -2.42. The molecule has 1 atom stereocenters. The van der Waals surface area contributed by atoms with E-state index in [2.05, 4.69) is 10.3 Å². The maximum absolute atomic E-state index is 10.6. The van der Waals surface area contributed by atoms with Crippen molar-refractivity contribution in [2.24, 2.45) is 4.99 Å². The van der Waals surface area contributed by atoms with Crippen molar-refractivity contribution in [2.45, 2.75) is 25.4 Å². The smallest absolute Gasteiger partial charge is 0.325 e. The van der Waals surface area contributed by atoms with Gasteiger partial charge in [-0.1, -0.05) is 6.08 Å². The summed E-state index contributed by atoms with van der Waals surface area (Å²) in [4.78, 5) is 14.6. The lowest BCUT2D eigenvalue weighted by atomic mass is 9.85. The van der Waals surface area contributed by atoms with Gasteiger partial charge < -0.3 is 25.4 Å². The summed E-state index contributed by atoms with van der Waals surface area (Å²) in [6.07, 6.45) is 3.64. The molecule has 0 aromatic carbocycles. The quantitative estimate of drug-likeness (QED) is 0.547. The maximum Gasteiger partial charge on any atom is 0.325 e. The number of hydrogen-bond acceptors (Lipinski definition) is 6. The highest BCUT2D eigenvalue weighted by Gasteiger charge is 2.37. The van der Waals surface area contributed by atoms with Crippen molar-refractivity contribution in [3.63, 3.8) is 0 Å². The van der Waals surface area contributed by atoms with Gasteiger partial charge in [0, 0.05) is 12.8 Å². The molecule has 0 saturated carbocycles. The zero-order valence-corrected chi connectivity index (χ0v) is 11.6. The number of aliphatic imine (C=N–C) groups is 1. The van der Waals surface area contributed by atoms with Crippen LogP contribution in [-0.4, -0.2) is 52.9 Å². The van der Waals surface area contributed by atoms with E-state index in [1.165, 1.54) is 7.11 Å². The number of carboxylic acids is 1.